The van der Waals surface area contributed by atoms with Gasteiger partial charge in [-0.3, -0.25) is 4.79 Å². The van der Waals surface area contributed by atoms with Crippen molar-refractivity contribution in [3.63, 3.8) is 0 Å². The van der Waals surface area contributed by atoms with E-state index in [1.54, 1.807) is 13.3 Å². The number of methoxy groups -OCH3 is 1. The van der Waals surface area contributed by atoms with Gasteiger partial charge in [0.25, 0.3) is 5.56 Å². The van der Waals surface area contributed by atoms with Crippen LogP contribution in [-0.2, 0) is 11.3 Å². The first-order valence-electron chi connectivity index (χ1n) is 5.96. The summed E-state index contributed by atoms with van der Waals surface area (Å²) in [6.45, 7) is 1.72. The molecule has 1 aliphatic heterocycles. The monoisotopic (exact) mass is 248 g/mol. The van der Waals surface area contributed by atoms with Crippen molar-refractivity contribution < 1.29 is 4.74 Å². The molecule has 1 aromatic heterocycles. The summed E-state index contributed by atoms with van der Waals surface area (Å²) in [6, 6.07) is 3.45. The molecule has 1 aliphatic rings. The highest BCUT2D eigenvalue weighted by Gasteiger charge is 2.19. The van der Waals surface area contributed by atoms with Crippen LogP contribution in [0.5, 0.6) is 0 Å². The second-order valence-electron chi connectivity index (χ2n) is 4.29. The molecule has 0 radical (unpaired) electrons. The lowest BCUT2D eigenvalue weighted by Gasteiger charge is -2.32. The molecule has 0 aromatic carbocycles. The summed E-state index contributed by atoms with van der Waals surface area (Å²) in [5, 5.41) is 12.5. The van der Waals surface area contributed by atoms with E-state index in [4.69, 9.17) is 10.00 Å². The summed E-state index contributed by atoms with van der Waals surface area (Å²) >= 11 is 0. The van der Waals surface area contributed by atoms with Gasteiger partial charge in [-0.15, -0.1) is 0 Å². The van der Waals surface area contributed by atoms with Crippen molar-refractivity contribution in [1.82, 2.24) is 9.78 Å². The molecular weight excluding hydrogens is 232 g/mol. The molecular formula is C12H16N4O2. The molecule has 18 heavy (non-hydrogen) atoms. The molecule has 1 fully saturated rings. The quantitative estimate of drug-likeness (QED) is 0.773. The van der Waals surface area contributed by atoms with E-state index in [0.29, 0.717) is 6.10 Å². The Kier molecular flexibility index (Phi) is 3.95. The van der Waals surface area contributed by atoms with Gasteiger partial charge in [-0.25, -0.2) is 4.68 Å². The zero-order valence-corrected chi connectivity index (χ0v) is 10.4. The maximum Gasteiger partial charge on any atom is 0.269 e. The molecule has 2 heterocycles. The average Bonchev–Trinajstić information content (AvgIpc) is 2.41. The van der Waals surface area contributed by atoms with Crippen molar-refractivity contribution in [3.8, 4) is 6.07 Å². The minimum Gasteiger partial charge on any atom is -0.381 e. The van der Waals surface area contributed by atoms with Gasteiger partial charge in [-0.2, -0.15) is 10.4 Å². The molecule has 0 aliphatic carbocycles. The molecule has 1 saturated heterocycles. The highest BCUT2D eigenvalue weighted by molar-refractivity contribution is 5.43. The molecule has 6 heteroatoms. The Morgan fingerprint density at radius 3 is 2.83 bits per heavy atom. The van der Waals surface area contributed by atoms with E-state index in [9.17, 15) is 4.79 Å². The van der Waals surface area contributed by atoms with E-state index in [0.717, 1.165) is 36.3 Å². The van der Waals surface area contributed by atoms with Gasteiger partial charge in [-0.05, 0) is 12.8 Å². The zero-order chi connectivity index (χ0) is 13.0. The minimum absolute atomic E-state index is 0.00907. The van der Waals surface area contributed by atoms with Gasteiger partial charge in [-0.1, -0.05) is 0 Å². The van der Waals surface area contributed by atoms with Crippen LogP contribution in [0.25, 0.3) is 0 Å². The minimum atomic E-state index is -0.233. The second kappa shape index (κ2) is 5.65. The molecule has 1 aromatic rings. The molecule has 0 saturated carbocycles. The van der Waals surface area contributed by atoms with Crippen LogP contribution >= 0.6 is 0 Å². The van der Waals surface area contributed by atoms with Crippen LogP contribution in [0.15, 0.2) is 17.1 Å². The predicted octanol–water partition coefficient (Wildman–Crippen LogP) is 0.382. The molecule has 0 spiro atoms. The molecule has 0 amide bonds. The van der Waals surface area contributed by atoms with E-state index in [1.807, 2.05) is 6.07 Å². The molecule has 6 nitrogen and oxygen atoms in total. The number of piperidine rings is 1. The first-order chi connectivity index (χ1) is 8.74. The van der Waals surface area contributed by atoms with Crippen LogP contribution < -0.4 is 10.5 Å². The molecule has 0 unspecified atom stereocenters. The first kappa shape index (κ1) is 12.6. The molecule has 0 N–H and O–H groups in total. The van der Waals surface area contributed by atoms with Crippen molar-refractivity contribution >= 4 is 5.69 Å². The van der Waals surface area contributed by atoms with Gasteiger partial charge in [0.05, 0.1) is 24.1 Å². The summed E-state index contributed by atoms with van der Waals surface area (Å²) in [5.41, 5.74) is 0.589. The summed E-state index contributed by atoms with van der Waals surface area (Å²) in [7, 11) is 1.73. The Morgan fingerprint density at radius 2 is 2.28 bits per heavy atom. The first-order valence-corrected chi connectivity index (χ1v) is 5.96. The number of nitrogens with zero attached hydrogens (tertiary/aromatic N) is 4. The highest BCUT2D eigenvalue weighted by atomic mass is 16.5. The van der Waals surface area contributed by atoms with E-state index >= 15 is 0 Å². The summed E-state index contributed by atoms with van der Waals surface area (Å²) in [4.78, 5) is 13.8. The summed E-state index contributed by atoms with van der Waals surface area (Å²) in [6.07, 6.45) is 3.87. The van der Waals surface area contributed by atoms with E-state index < -0.39 is 0 Å². The van der Waals surface area contributed by atoms with Gasteiger partial charge in [0.15, 0.2) is 0 Å². The standard InChI is InChI=1S/C12H16N4O2/c1-18-11-2-5-15(6-3-11)10-8-12(17)16(7-4-13)14-9-10/h8-9,11H,2-3,5-7H2,1H3. The zero-order valence-electron chi connectivity index (χ0n) is 10.4. The predicted molar refractivity (Wildman–Crippen MR) is 66.4 cm³/mol. The van der Waals surface area contributed by atoms with Gasteiger partial charge in [0, 0.05) is 26.3 Å². The Bertz CT molecular complexity index is 498. The highest BCUT2D eigenvalue weighted by Crippen LogP contribution is 2.18. The third-order valence-corrected chi connectivity index (χ3v) is 3.22. The van der Waals surface area contributed by atoms with Crippen molar-refractivity contribution in [2.24, 2.45) is 0 Å². The molecule has 0 bridgehead atoms. The fourth-order valence-corrected chi connectivity index (χ4v) is 2.13. The lowest BCUT2D eigenvalue weighted by Crippen LogP contribution is -2.37. The maximum absolute atomic E-state index is 11.7. The van der Waals surface area contributed by atoms with Crippen LogP contribution in [0.4, 0.5) is 5.69 Å². The fourth-order valence-electron chi connectivity index (χ4n) is 2.13. The van der Waals surface area contributed by atoms with Crippen molar-refractivity contribution in [2.75, 3.05) is 25.1 Å². The molecule has 96 valence electrons. The number of aromatic nitrogens is 2. The van der Waals surface area contributed by atoms with E-state index in [2.05, 4.69) is 10.00 Å². The third-order valence-electron chi connectivity index (χ3n) is 3.22. The van der Waals surface area contributed by atoms with Gasteiger partial charge < -0.3 is 9.64 Å². The van der Waals surface area contributed by atoms with Crippen molar-refractivity contribution in [1.29, 1.82) is 5.26 Å². The fraction of sp³-hybridized carbons (Fsp3) is 0.583. The topological polar surface area (TPSA) is 71.2 Å². The normalized spacial score (nSPS) is 16.6. The SMILES string of the molecule is COC1CCN(c2cnn(CC#N)c(=O)c2)CC1. The van der Waals surface area contributed by atoms with Crippen molar-refractivity contribution in [3.05, 3.63) is 22.6 Å². The van der Waals surface area contributed by atoms with Crippen LogP contribution in [0.2, 0.25) is 0 Å². The number of hydrogen-bond donors (Lipinski definition) is 0. The summed E-state index contributed by atoms with van der Waals surface area (Å²) in [5.74, 6) is 0. The largest absolute Gasteiger partial charge is 0.381 e. The van der Waals surface area contributed by atoms with Gasteiger partial charge >= 0.3 is 0 Å². The van der Waals surface area contributed by atoms with Gasteiger partial charge in [0.2, 0.25) is 0 Å². The van der Waals surface area contributed by atoms with Crippen LogP contribution in [0.1, 0.15) is 12.8 Å². The average molecular weight is 248 g/mol. The number of hydrogen-bond acceptors (Lipinski definition) is 5. The van der Waals surface area contributed by atoms with Gasteiger partial charge in [0.1, 0.15) is 6.54 Å². The van der Waals surface area contributed by atoms with E-state index in [-0.39, 0.29) is 12.1 Å². The summed E-state index contributed by atoms with van der Waals surface area (Å²) < 4.78 is 6.46. The second-order valence-corrected chi connectivity index (χ2v) is 4.29. The maximum atomic E-state index is 11.7. The Labute approximate surface area is 105 Å². The molecule has 0 atom stereocenters. The Hall–Kier alpha value is -1.87. The van der Waals surface area contributed by atoms with Crippen LogP contribution in [0.3, 0.4) is 0 Å². The number of ether oxygens (including phenoxy) is 1. The number of rotatable bonds is 3. The van der Waals surface area contributed by atoms with Crippen LogP contribution in [0, 0.1) is 11.3 Å². The lowest BCUT2D eigenvalue weighted by molar-refractivity contribution is 0.0819. The Balaban J connectivity index is 2.09. The molecule has 2 rings (SSSR count). The smallest absolute Gasteiger partial charge is 0.269 e. The number of nitriles is 1. The number of anilines is 1. The van der Waals surface area contributed by atoms with E-state index in [1.165, 1.54) is 6.07 Å². The Morgan fingerprint density at radius 1 is 1.56 bits per heavy atom. The third kappa shape index (κ3) is 2.68. The lowest BCUT2D eigenvalue weighted by atomic mass is 10.1. The van der Waals surface area contributed by atoms with Crippen LogP contribution in [-0.4, -0.2) is 36.1 Å². The van der Waals surface area contributed by atoms with Crippen molar-refractivity contribution in [2.45, 2.75) is 25.5 Å².